The minimum atomic E-state index is -1.05. The molecule has 0 spiro atoms. The number of hydrogen-bond donors (Lipinski definition) is 1. The van der Waals surface area contributed by atoms with Gasteiger partial charge in [-0.25, -0.2) is 9.78 Å². The number of aromatic nitrogens is 2. The lowest BCUT2D eigenvalue weighted by atomic mass is 10.1. The maximum atomic E-state index is 12.3. The molecule has 1 aromatic carbocycles. The molecule has 2 rings (SSSR count). The van der Waals surface area contributed by atoms with Gasteiger partial charge in [0.25, 0.3) is 5.91 Å². The first kappa shape index (κ1) is 14.8. The molecule has 2 aromatic rings. The lowest BCUT2D eigenvalue weighted by Crippen LogP contribution is -2.27. The van der Waals surface area contributed by atoms with E-state index in [1.165, 1.54) is 17.0 Å². The van der Waals surface area contributed by atoms with Gasteiger partial charge in [0.05, 0.1) is 12.1 Å². The van der Waals surface area contributed by atoms with Gasteiger partial charge in [0.2, 0.25) is 0 Å². The number of benzene rings is 1. The van der Waals surface area contributed by atoms with Gasteiger partial charge in [0.15, 0.2) is 0 Å². The predicted molar refractivity (Wildman–Crippen MR) is 77.1 cm³/mol. The Bertz CT molecular complexity index is 664. The zero-order valence-corrected chi connectivity index (χ0v) is 12.0. The highest BCUT2D eigenvalue weighted by molar-refractivity contribution is 5.97. The summed E-state index contributed by atoms with van der Waals surface area (Å²) in [6, 6.07) is 6.02. The van der Waals surface area contributed by atoms with Crippen LogP contribution < -0.4 is 0 Å². The van der Waals surface area contributed by atoms with Gasteiger partial charge < -0.3 is 14.6 Å². The van der Waals surface area contributed by atoms with Crippen LogP contribution in [-0.4, -0.2) is 38.5 Å². The monoisotopic (exact) mass is 287 g/mol. The number of carbonyl (C=O) groups excluding carboxylic acids is 1. The van der Waals surface area contributed by atoms with Gasteiger partial charge in [0.1, 0.15) is 5.82 Å². The zero-order chi connectivity index (χ0) is 15.4. The molecular formula is C15H17N3O3. The summed E-state index contributed by atoms with van der Waals surface area (Å²) in [6.07, 6.45) is 3.56. The fourth-order valence-electron chi connectivity index (χ4n) is 2.07. The summed E-state index contributed by atoms with van der Waals surface area (Å²) < 4.78 is 1.96. The number of carboxylic acid groups (broad SMARTS) is 1. The Morgan fingerprint density at radius 1 is 1.33 bits per heavy atom. The van der Waals surface area contributed by atoms with Crippen LogP contribution in [0.2, 0.25) is 0 Å². The number of aromatic carboxylic acids is 1. The highest BCUT2D eigenvalue weighted by Gasteiger charge is 2.15. The van der Waals surface area contributed by atoms with Gasteiger partial charge >= 0.3 is 5.97 Å². The molecule has 0 atom stereocenters. The highest BCUT2D eigenvalue weighted by Crippen LogP contribution is 2.10. The maximum Gasteiger partial charge on any atom is 0.335 e. The Balaban J connectivity index is 2.16. The Kier molecular flexibility index (Phi) is 4.37. The van der Waals surface area contributed by atoms with E-state index in [9.17, 15) is 9.59 Å². The van der Waals surface area contributed by atoms with Crippen molar-refractivity contribution in [2.45, 2.75) is 20.0 Å². The predicted octanol–water partition coefficient (Wildman–Crippen LogP) is 1.87. The number of nitrogens with zero attached hydrogens (tertiary/aromatic N) is 3. The molecule has 0 aliphatic rings. The normalized spacial score (nSPS) is 10.4. The maximum absolute atomic E-state index is 12.3. The van der Waals surface area contributed by atoms with Crippen molar-refractivity contribution in [3.8, 4) is 0 Å². The van der Waals surface area contributed by atoms with E-state index in [1.54, 1.807) is 25.4 Å². The summed E-state index contributed by atoms with van der Waals surface area (Å²) in [5.74, 6) is -0.486. The fourth-order valence-corrected chi connectivity index (χ4v) is 2.07. The Morgan fingerprint density at radius 2 is 2.05 bits per heavy atom. The van der Waals surface area contributed by atoms with Crippen LogP contribution in [0.5, 0.6) is 0 Å². The van der Waals surface area contributed by atoms with Crippen molar-refractivity contribution >= 4 is 11.9 Å². The number of carbonyl (C=O) groups is 2. The van der Waals surface area contributed by atoms with E-state index in [0.717, 1.165) is 12.4 Å². The van der Waals surface area contributed by atoms with Crippen LogP contribution in [-0.2, 0) is 13.1 Å². The molecule has 1 amide bonds. The summed E-state index contributed by atoms with van der Waals surface area (Å²) >= 11 is 0. The Morgan fingerprint density at radius 3 is 2.71 bits per heavy atom. The number of aryl methyl sites for hydroxylation is 1. The van der Waals surface area contributed by atoms with Crippen LogP contribution >= 0.6 is 0 Å². The number of amides is 1. The number of imidazole rings is 1. The molecule has 0 radical (unpaired) electrons. The molecule has 0 saturated carbocycles. The molecule has 0 bridgehead atoms. The first-order chi connectivity index (χ1) is 10.0. The summed E-state index contributed by atoms with van der Waals surface area (Å²) in [6.45, 7) is 3.16. The molecule has 0 unspecified atom stereocenters. The Hall–Kier alpha value is -2.63. The lowest BCUT2D eigenvalue weighted by Gasteiger charge is -2.17. The average molecular weight is 287 g/mol. The van der Waals surface area contributed by atoms with E-state index in [0.29, 0.717) is 12.1 Å². The summed E-state index contributed by atoms with van der Waals surface area (Å²) in [7, 11) is 1.67. The van der Waals surface area contributed by atoms with Crippen LogP contribution in [0.15, 0.2) is 36.7 Å². The van der Waals surface area contributed by atoms with Gasteiger partial charge in [0, 0.05) is 31.5 Å². The molecule has 21 heavy (non-hydrogen) atoms. The second-order valence-corrected chi connectivity index (χ2v) is 4.68. The van der Waals surface area contributed by atoms with E-state index < -0.39 is 5.97 Å². The second kappa shape index (κ2) is 6.21. The third-order valence-corrected chi connectivity index (χ3v) is 3.22. The number of rotatable bonds is 5. The molecular weight excluding hydrogens is 270 g/mol. The molecule has 0 aliphatic heterocycles. The quantitative estimate of drug-likeness (QED) is 0.911. The molecule has 1 heterocycles. The van der Waals surface area contributed by atoms with Crippen molar-refractivity contribution in [1.29, 1.82) is 0 Å². The van der Waals surface area contributed by atoms with E-state index in [2.05, 4.69) is 4.98 Å². The zero-order valence-electron chi connectivity index (χ0n) is 12.0. The number of carboxylic acids is 1. The molecule has 0 aliphatic carbocycles. The van der Waals surface area contributed by atoms with Gasteiger partial charge in [-0.2, -0.15) is 0 Å². The van der Waals surface area contributed by atoms with Gasteiger partial charge in [-0.3, -0.25) is 4.79 Å². The van der Waals surface area contributed by atoms with Crippen LogP contribution in [0.25, 0.3) is 0 Å². The largest absolute Gasteiger partial charge is 0.478 e. The van der Waals surface area contributed by atoms with Crippen molar-refractivity contribution < 1.29 is 14.7 Å². The smallest absolute Gasteiger partial charge is 0.335 e. The standard InChI is InChI=1S/C15H17N3O3/c1-3-18-8-7-16-13(18)10-17(2)14(19)11-5-4-6-12(9-11)15(20)21/h4-9H,3,10H2,1-2H3,(H,20,21). The topological polar surface area (TPSA) is 75.4 Å². The van der Waals surface area contributed by atoms with Crippen molar-refractivity contribution in [1.82, 2.24) is 14.5 Å². The molecule has 1 N–H and O–H groups in total. The summed E-state index contributed by atoms with van der Waals surface area (Å²) in [5, 5.41) is 8.97. The van der Waals surface area contributed by atoms with Gasteiger partial charge in [-0.15, -0.1) is 0 Å². The van der Waals surface area contributed by atoms with E-state index in [4.69, 9.17) is 5.11 Å². The first-order valence-corrected chi connectivity index (χ1v) is 6.61. The fraction of sp³-hybridized carbons (Fsp3) is 0.267. The lowest BCUT2D eigenvalue weighted by molar-refractivity contribution is 0.0697. The van der Waals surface area contributed by atoms with Crippen molar-refractivity contribution in [3.63, 3.8) is 0 Å². The average Bonchev–Trinajstić information content (AvgIpc) is 2.93. The third kappa shape index (κ3) is 3.28. The van der Waals surface area contributed by atoms with Crippen molar-refractivity contribution in [2.75, 3.05) is 7.05 Å². The third-order valence-electron chi connectivity index (χ3n) is 3.22. The van der Waals surface area contributed by atoms with Crippen LogP contribution in [0.3, 0.4) is 0 Å². The summed E-state index contributed by atoms with van der Waals surface area (Å²) in [5.41, 5.74) is 0.455. The molecule has 110 valence electrons. The van der Waals surface area contributed by atoms with Crippen LogP contribution in [0, 0.1) is 0 Å². The van der Waals surface area contributed by atoms with E-state index in [1.807, 2.05) is 17.7 Å². The molecule has 0 fully saturated rings. The molecule has 6 heteroatoms. The minimum absolute atomic E-state index is 0.101. The molecule has 0 saturated heterocycles. The molecule has 6 nitrogen and oxygen atoms in total. The second-order valence-electron chi connectivity index (χ2n) is 4.68. The van der Waals surface area contributed by atoms with E-state index in [-0.39, 0.29) is 11.5 Å². The minimum Gasteiger partial charge on any atom is -0.478 e. The molecule has 1 aromatic heterocycles. The summed E-state index contributed by atoms with van der Waals surface area (Å²) in [4.78, 5) is 29.0. The van der Waals surface area contributed by atoms with Gasteiger partial charge in [-0.1, -0.05) is 6.07 Å². The van der Waals surface area contributed by atoms with Crippen LogP contribution in [0.1, 0.15) is 33.5 Å². The first-order valence-electron chi connectivity index (χ1n) is 6.61. The van der Waals surface area contributed by atoms with Crippen LogP contribution in [0.4, 0.5) is 0 Å². The Labute approximate surface area is 122 Å². The van der Waals surface area contributed by atoms with E-state index >= 15 is 0 Å². The SMILES string of the molecule is CCn1ccnc1CN(C)C(=O)c1cccc(C(=O)O)c1. The van der Waals surface area contributed by atoms with Crippen molar-refractivity contribution in [2.24, 2.45) is 0 Å². The number of hydrogen-bond acceptors (Lipinski definition) is 3. The highest BCUT2D eigenvalue weighted by atomic mass is 16.4. The van der Waals surface area contributed by atoms with Crippen molar-refractivity contribution in [3.05, 3.63) is 53.6 Å². The van der Waals surface area contributed by atoms with Gasteiger partial charge in [-0.05, 0) is 25.1 Å².